The van der Waals surface area contributed by atoms with Gasteiger partial charge in [0.15, 0.2) is 9.84 Å². The third kappa shape index (κ3) is 3.25. The van der Waals surface area contributed by atoms with Crippen molar-refractivity contribution < 1.29 is 13.5 Å². The zero-order valence-electron chi connectivity index (χ0n) is 11.3. The predicted molar refractivity (Wildman–Crippen MR) is 74.9 cm³/mol. The Morgan fingerprint density at radius 1 is 1.53 bits per heavy atom. The molecular weight excluding hydrogens is 264 g/mol. The van der Waals surface area contributed by atoms with Crippen molar-refractivity contribution in [2.24, 2.45) is 0 Å². The molecule has 5 nitrogen and oxygen atoms in total. The number of hydrogen-bond acceptors (Lipinski definition) is 5. The van der Waals surface area contributed by atoms with Gasteiger partial charge in [-0.15, -0.1) is 0 Å². The maximum atomic E-state index is 11.5. The zero-order chi connectivity index (χ0) is 14.0. The average Bonchev–Trinajstić information content (AvgIpc) is 2.37. The molecule has 0 spiro atoms. The van der Waals surface area contributed by atoms with E-state index in [9.17, 15) is 13.5 Å². The predicted octanol–water partition coefficient (Wildman–Crippen LogP) is 1.15. The van der Waals surface area contributed by atoms with Crippen molar-refractivity contribution in [1.82, 2.24) is 4.98 Å². The molecule has 1 fully saturated rings. The minimum atomic E-state index is -2.90. The molecule has 2 rings (SSSR count). The number of rotatable bonds is 3. The minimum absolute atomic E-state index is 0.0394. The summed E-state index contributed by atoms with van der Waals surface area (Å²) in [4.78, 5) is 6.31. The lowest BCUT2D eigenvalue weighted by atomic mass is 10.1. The van der Waals surface area contributed by atoms with Crippen molar-refractivity contribution in [2.45, 2.75) is 32.4 Å². The molecule has 0 saturated carbocycles. The van der Waals surface area contributed by atoms with Crippen molar-refractivity contribution in [3.63, 3.8) is 0 Å². The van der Waals surface area contributed by atoms with E-state index in [1.165, 1.54) is 0 Å². The second kappa shape index (κ2) is 5.46. The molecule has 1 saturated heterocycles. The minimum Gasteiger partial charge on any atom is -0.387 e. The van der Waals surface area contributed by atoms with E-state index in [0.29, 0.717) is 18.7 Å². The van der Waals surface area contributed by atoms with Gasteiger partial charge in [-0.1, -0.05) is 6.92 Å². The van der Waals surface area contributed by atoms with E-state index in [1.54, 1.807) is 12.3 Å². The molecule has 1 aliphatic rings. The highest BCUT2D eigenvalue weighted by Gasteiger charge is 2.28. The maximum Gasteiger partial charge on any atom is 0.154 e. The second-order valence-electron chi connectivity index (χ2n) is 5.02. The van der Waals surface area contributed by atoms with Crippen LogP contribution in [0.1, 0.15) is 32.1 Å². The molecule has 2 heterocycles. The molecule has 0 amide bonds. The van der Waals surface area contributed by atoms with Gasteiger partial charge < -0.3 is 10.0 Å². The summed E-state index contributed by atoms with van der Waals surface area (Å²) in [7, 11) is -2.90. The smallest absolute Gasteiger partial charge is 0.154 e. The summed E-state index contributed by atoms with van der Waals surface area (Å²) >= 11 is 0. The summed E-state index contributed by atoms with van der Waals surface area (Å²) in [6, 6.07) is 3.66. The van der Waals surface area contributed by atoms with Gasteiger partial charge in [0.25, 0.3) is 0 Å². The van der Waals surface area contributed by atoms with Crippen LogP contribution in [0.4, 0.5) is 5.69 Å². The summed E-state index contributed by atoms with van der Waals surface area (Å²) in [5, 5.41) is 9.70. The van der Waals surface area contributed by atoms with E-state index in [-0.39, 0.29) is 17.5 Å². The number of aliphatic hydroxyl groups is 1. The third-order valence-corrected chi connectivity index (χ3v) is 5.30. The van der Waals surface area contributed by atoms with Crippen molar-refractivity contribution in [3.8, 4) is 0 Å². The zero-order valence-corrected chi connectivity index (χ0v) is 12.1. The molecular formula is C13H20N2O3S. The standard InChI is InChI=1S/C13H20N2O3S/c1-3-13(16)12-5-4-11(8-14-12)15-6-7-19(17,18)9-10(15)2/h4-5,8,10,13,16H,3,6-7,9H2,1-2H3/t10?,13-/m0/s1. The molecule has 1 unspecified atom stereocenters. The van der Waals surface area contributed by atoms with E-state index >= 15 is 0 Å². The van der Waals surface area contributed by atoms with Crippen molar-refractivity contribution in [3.05, 3.63) is 24.0 Å². The van der Waals surface area contributed by atoms with Gasteiger partial charge in [-0.05, 0) is 25.5 Å². The number of pyridine rings is 1. The highest BCUT2D eigenvalue weighted by Crippen LogP contribution is 2.22. The number of anilines is 1. The summed E-state index contributed by atoms with van der Waals surface area (Å²) in [6.45, 7) is 4.31. The molecule has 1 aromatic rings. The molecule has 0 bridgehead atoms. The topological polar surface area (TPSA) is 70.5 Å². The van der Waals surface area contributed by atoms with Crippen molar-refractivity contribution in [1.29, 1.82) is 0 Å². The third-order valence-electron chi connectivity index (χ3n) is 3.50. The maximum absolute atomic E-state index is 11.5. The lowest BCUT2D eigenvalue weighted by Crippen LogP contribution is -2.47. The van der Waals surface area contributed by atoms with Crippen molar-refractivity contribution in [2.75, 3.05) is 23.0 Å². The first-order valence-corrected chi connectivity index (χ1v) is 8.36. The Labute approximate surface area is 114 Å². The van der Waals surface area contributed by atoms with Gasteiger partial charge in [0, 0.05) is 12.6 Å². The lowest BCUT2D eigenvalue weighted by Gasteiger charge is -2.34. The Morgan fingerprint density at radius 2 is 2.26 bits per heavy atom. The Bertz CT molecular complexity index is 527. The van der Waals surface area contributed by atoms with Gasteiger partial charge in [-0.2, -0.15) is 0 Å². The fourth-order valence-corrected chi connectivity index (χ4v) is 3.91. The summed E-state index contributed by atoms with van der Waals surface area (Å²) < 4.78 is 23.1. The van der Waals surface area contributed by atoms with Crippen LogP contribution in [0.15, 0.2) is 18.3 Å². The van der Waals surface area contributed by atoms with E-state index in [2.05, 4.69) is 9.88 Å². The Balaban J connectivity index is 2.15. The number of sulfone groups is 1. The van der Waals surface area contributed by atoms with Crippen LogP contribution >= 0.6 is 0 Å². The van der Waals surface area contributed by atoms with Gasteiger partial charge >= 0.3 is 0 Å². The van der Waals surface area contributed by atoms with Crippen molar-refractivity contribution >= 4 is 15.5 Å². The van der Waals surface area contributed by atoms with E-state index < -0.39 is 15.9 Å². The number of aromatic nitrogens is 1. The summed E-state index contributed by atoms with van der Waals surface area (Å²) in [5.74, 6) is 0.378. The van der Waals surface area contributed by atoms with Gasteiger partial charge in [0.2, 0.25) is 0 Å². The average molecular weight is 284 g/mol. The molecule has 1 aliphatic heterocycles. The highest BCUT2D eigenvalue weighted by atomic mass is 32.2. The molecule has 6 heteroatoms. The van der Waals surface area contributed by atoms with Gasteiger partial charge in [-0.3, -0.25) is 4.98 Å². The SMILES string of the molecule is CC[C@H](O)c1ccc(N2CCS(=O)(=O)CC2C)cn1. The molecule has 106 valence electrons. The van der Waals surface area contributed by atoms with Gasteiger partial charge in [0.1, 0.15) is 0 Å². The molecule has 0 radical (unpaired) electrons. The summed E-state index contributed by atoms with van der Waals surface area (Å²) in [5.41, 5.74) is 1.57. The largest absolute Gasteiger partial charge is 0.387 e. The van der Waals surface area contributed by atoms with E-state index in [4.69, 9.17) is 0 Å². The van der Waals surface area contributed by atoms with Crippen LogP contribution in [0.25, 0.3) is 0 Å². The van der Waals surface area contributed by atoms with Crippen LogP contribution in [-0.4, -0.2) is 42.6 Å². The molecule has 1 aromatic heterocycles. The first-order valence-electron chi connectivity index (χ1n) is 6.54. The van der Waals surface area contributed by atoms with E-state index in [1.807, 2.05) is 19.9 Å². The Morgan fingerprint density at radius 3 is 2.79 bits per heavy atom. The number of hydrogen-bond donors (Lipinski definition) is 1. The van der Waals surface area contributed by atoms with Crippen LogP contribution in [0.2, 0.25) is 0 Å². The molecule has 0 aliphatic carbocycles. The first kappa shape index (κ1) is 14.3. The Kier molecular flexibility index (Phi) is 4.10. The van der Waals surface area contributed by atoms with Crippen LogP contribution in [0, 0.1) is 0 Å². The molecule has 1 N–H and O–H groups in total. The van der Waals surface area contributed by atoms with Crippen LogP contribution < -0.4 is 4.90 Å². The second-order valence-corrected chi connectivity index (χ2v) is 7.25. The lowest BCUT2D eigenvalue weighted by molar-refractivity contribution is 0.169. The fourth-order valence-electron chi connectivity index (χ4n) is 2.36. The quantitative estimate of drug-likeness (QED) is 0.901. The normalized spacial score (nSPS) is 24.2. The number of aliphatic hydroxyl groups excluding tert-OH is 1. The van der Waals surface area contributed by atoms with Crippen LogP contribution in [0.5, 0.6) is 0 Å². The van der Waals surface area contributed by atoms with Gasteiger partial charge in [0.05, 0.1) is 35.2 Å². The molecule has 19 heavy (non-hydrogen) atoms. The highest BCUT2D eigenvalue weighted by molar-refractivity contribution is 7.91. The Hall–Kier alpha value is -1.14. The van der Waals surface area contributed by atoms with Crippen LogP contribution in [-0.2, 0) is 9.84 Å². The summed E-state index contributed by atoms with van der Waals surface area (Å²) in [6.07, 6.45) is 1.81. The molecule has 2 atom stereocenters. The first-order chi connectivity index (χ1) is 8.93. The van der Waals surface area contributed by atoms with Gasteiger partial charge in [-0.25, -0.2) is 8.42 Å². The monoisotopic (exact) mass is 284 g/mol. The molecule has 0 aromatic carbocycles. The fraction of sp³-hybridized carbons (Fsp3) is 0.615. The number of nitrogens with zero attached hydrogens (tertiary/aromatic N) is 2. The van der Waals surface area contributed by atoms with Crippen LogP contribution in [0.3, 0.4) is 0 Å². The van der Waals surface area contributed by atoms with E-state index in [0.717, 1.165) is 5.69 Å².